The first kappa shape index (κ1) is 15.1. The van der Waals surface area contributed by atoms with Gasteiger partial charge in [0.15, 0.2) is 9.84 Å². The quantitative estimate of drug-likeness (QED) is 0.924. The summed E-state index contributed by atoms with van der Waals surface area (Å²) in [6, 6.07) is 1.52. The van der Waals surface area contributed by atoms with Crippen molar-refractivity contribution in [1.82, 2.24) is 9.88 Å². The van der Waals surface area contributed by atoms with E-state index in [0.29, 0.717) is 12.0 Å². The lowest BCUT2D eigenvalue weighted by molar-refractivity contribution is 0.0700. The van der Waals surface area contributed by atoms with E-state index in [1.807, 2.05) is 6.92 Å². The van der Waals surface area contributed by atoms with Gasteiger partial charge in [0.25, 0.3) is 5.91 Å². The van der Waals surface area contributed by atoms with E-state index in [-0.39, 0.29) is 11.9 Å². The van der Waals surface area contributed by atoms with Gasteiger partial charge in [-0.1, -0.05) is 12.8 Å². The molecule has 2 atom stereocenters. The number of carbonyl (C=O) groups is 1. The molecule has 1 aliphatic carbocycles. The fraction of sp³-hybridized carbons (Fsp3) is 0.643. The van der Waals surface area contributed by atoms with Crippen molar-refractivity contribution in [1.29, 1.82) is 0 Å². The van der Waals surface area contributed by atoms with Gasteiger partial charge in [0.05, 0.1) is 10.8 Å². The van der Waals surface area contributed by atoms with E-state index in [1.54, 1.807) is 24.2 Å². The van der Waals surface area contributed by atoms with Gasteiger partial charge < -0.3 is 9.88 Å². The molecule has 1 amide bonds. The lowest BCUT2D eigenvalue weighted by atomic mass is 9.93. The minimum Gasteiger partial charge on any atom is -0.365 e. The number of aryl methyl sites for hydroxylation is 1. The molecule has 0 radical (unpaired) electrons. The van der Waals surface area contributed by atoms with E-state index in [1.165, 1.54) is 6.26 Å². The Hall–Kier alpha value is -1.30. The fourth-order valence-electron chi connectivity index (χ4n) is 3.04. The predicted octanol–water partition coefficient (Wildman–Crippen LogP) is 1.75. The normalized spacial score (nSPS) is 23.6. The molecule has 112 valence electrons. The number of sulfone groups is 1. The average molecular weight is 298 g/mol. The Morgan fingerprint density at radius 3 is 2.55 bits per heavy atom. The summed E-state index contributed by atoms with van der Waals surface area (Å²) in [7, 11) is -1.42. The van der Waals surface area contributed by atoms with Crippen molar-refractivity contribution >= 4 is 15.7 Å². The van der Waals surface area contributed by atoms with Crippen LogP contribution in [-0.2, 0) is 9.84 Å². The topological polar surface area (TPSA) is 70.2 Å². The fourth-order valence-corrected chi connectivity index (χ4v) is 4.53. The zero-order valence-electron chi connectivity index (χ0n) is 12.2. The number of aromatic amines is 1. The highest BCUT2D eigenvalue weighted by Gasteiger charge is 2.37. The maximum Gasteiger partial charge on any atom is 0.255 e. The standard InChI is InChI=1S/C14H22N2O3S/c1-10-11(8-9-15-10)14(17)16(2)12-6-4-5-7-13(12)20(3,18)19/h8-9,12-13,15H,4-7H2,1-3H3/t12-,13+/m0/s1. The summed E-state index contributed by atoms with van der Waals surface area (Å²) < 4.78 is 23.9. The maximum absolute atomic E-state index is 12.5. The number of rotatable bonds is 3. The summed E-state index contributed by atoms with van der Waals surface area (Å²) in [4.78, 5) is 17.1. The van der Waals surface area contributed by atoms with Crippen LogP contribution in [0, 0.1) is 6.92 Å². The van der Waals surface area contributed by atoms with Crippen LogP contribution in [0.25, 0.3) is 0 Å². The maximum atomic E-state index is 12.5. The van der Waals surface area contributed by atoms with Crippen molar-refractivity contribution in [3.63, 3.8) is 0 Å². The Kier molecular flexibility index (Phi) is 4.22. The Bertz CT molecular complexity index is 591. The first-order valence-electron chi connectivity index (χ1n) is 6.92. The molecule has 1 aromatic heterocycles. The molecule has 0 unspecified atom stereocenters. The molecule has 1 aliphatic rings. The molecule has 0 bridgehead atoms. The van der Waals surface area contributed by atoms with Crippen LogP contribution in [0.3, 0.4) is 0 Å². The molecule has 1 fully saturated rings. The van der Waals surface area contributed by atoms with E-state index >= 15 is 0 Å². The molecule has 0 spiro atoms. The Morgan fingerprint density at radius 2 is 2.00 bits per heavy atom. The third kappa shape index (κ3) is 2.90. The monoisotopic (exact) mass is 298 g/mol. The highest BCUT2D eigenvalue weighted by atomic mass is 32.2. The summed E-state index contributed by atoms with van der Waals surface area (Å²) >= 11 is 0. The van der Waals surface area contributed by atoms with E-state index in [2.05, 4.69) is 4.98 Å². The zero-order chi connectivity index (χ0) is 14.9. The van der Waals surface area contributed by atoms with Crippen LogP contribution >= 0.6 is 0 Å². The average Bonchev–Trinajstić information content (AvgIpc) is 2.82. The first-order valence-corrected chi connectivity index (χ1v) is 8.88. The van der Waals surface area contributed by atoms with E-state index in [4.69, 9.17) is 0 Å². The smallest absolute Gasteiger partial charge is 0.255 e. The van der Waals surface area contributed by atoms with Crippen molar-refractivity contribution in [2.75, 3.05) is 13.3 Å². The van der Waals surface area contributed by atoms with Crippen LogP contribution < -0.4 is 0 Å². The zero-order valence-corrected chi connectivity index (χ0v) is 13.0. The molecule has 1 aromatic rings. The van der Waals surface area contributed by atoms with Crippen molar-refractivity contribution in [3.8, 4) is 0 Å². The van der Waals surface area contributed by atoms with Crippen molar-refractivity contribution in [2.45, 2.75) is 43.9 Å². The molecule has 20 heavy (non-hydrogen) atoms. The van der Waals surface area contributed by atoms with Crippen molar-refractivity contribution < 1.29 is 13.2 Å². The minimum atomic E-state index is -3.13. The lowest BCUT2D eigenvalue weighted by Crippen LogP contribution is -2.49. The lowest BCUT2D eigenvalue weighted by Gasteiger charge is -2.37. The Balaban J connectivity index is 2.24. The summed E-state index contributed by atoms with van der Waals surface area (Å²) in [6.07, 6.45) is 6.29. The van der Waals surface area contributed by atoms with Gasteiger partial charge in [0, 0.05) is 31.2 Å². The van der Waals surface area contributed by atoms with E-state index < -0.39 is 15.1 Å². The van der Waals surface area contributed by atoms with Crippen LogP contribution in [-0.4, -0.2) is 48.8 Å². The molecule has 1 N–H and O–H groups in total. The largest absolute Gasteiger partial charge is 0.365 e. The molecule has 6 heteroatoms. The summed E-state index contributed by atoms with van der Waals surface area (Å²) in [5, 5.41) is -0.440. The van der Waals surface area contributed by atoms with Gasteiger partial charge in [0.2, 0.25) is 0 Å². The van der Waals surface area contributed by atoms with Crippen LogP contribution in [0.2, 0.25) is 0 Å². The third-order valence-electron chi connectivity index (χ3n) is 4.22. The Labute approximate surface area is 120 Å². The van der Waals surface area contributed by atoms with E-state index in [9.17, 15) is 13.2 Å². The number of nitrogens with one attached hydrogen (secondary N) is 1. The number of hydrogen-bond donors (Lipinski definition) is 1. The van der Waals surface area contributed by atoms with Crippen LogP contribution in [0.5, 0.6) is 0 Å². The number of hydrogen-bond acceptors (Lipinski definition) is 3. The van der Waals surface area contributed by atoms with Gasteiger partial charge in [-0.3, -0.25) is 4.79 Å². The second-order valence-electron chi connectivity index (χ2n) is 5.65. The Morgan fingerprint density at radius 1 is 1.35 bits per heavy atom. The minimum absolute atomic E-state index is 0.107. The molecule has 0 aliphatic heterocycles. The van der Waals surface area contributed by atoms with Gasteiger partial charge >= 0.3 is 0 Å². The SMILES string of the molecule is Cc1[nH]ccc1C(=O)N(C)[C@H]1CCCC[C@H]1S(C)(=O)=O. The van der Waals surface area contributed by atoms with Gasteiger partial charge in [-0.05, 0) is 25.8 Å². The van der Waals surface area contributed by atoms with Gasteiger partial charge in [-0.2, -0.15) is 0 Å². The van der Waals surface area contributed by atoms with Crippen LogP contribution in [0.15, 0.2) is 12.3 Å². The first-order chi connectivity index (χ1) is 9.32. The second-order valence-corrected chi connectivity index (χ2v) is 7.92. The summed E-state index contributed by atoms with van der Waals surface area (Å²) in [6.45, 7) is 1.84. The van der Waals surface area contributed by atoms with Gasteiger partial charge in [-0.15, -0.1) is 0 Å². The third-order valence-corrected chi connectivity index (χ3v) is 5.87. The van der Waals surface area contributed by atoms with Gasteiger partial charge in [-0.25, -0.2) is 8.42 Å². The molecule has 1 heterocycles. The van der Waals surface area contributed by atoms with Crippen molar-refractivity contribution in [2.24, 2.45) is 0 Å². The molecular formula is C14H22N2O3S. The summed E-state index contributed by atoms with van der Waals surface area (Å²) in [5.41, 5.74) is 1.43. The molecule has 2 rings (SSSR count). The highest BCUT2D eigenvalue weighted by molar-refractivity contribution is 7.91. The molecular weight excluding hydrogens is 276 g/mol. The number of nitrogens with zero attached hydrogens (tertiary/aromatic N) is 1. The molecule has 5 nitrogen and oxygen atoms in total. The molecule has 0 saturated heterocycles. The van der Waals surface area contributed by atoms with Crippen molar-refractivity contribution in [3.05, 3.63) is 23.5 Å². The second kappa shape index (κ2) is 5.60. The number of H-pyrrole nitrogens is 1. The van der Waals surface area contributed by atoms with Crippen LogP contribution in [0.4, 0.5) is 0 Å². The summed E-state index contributed by atoms with van der Waals surface area (Å²) in [5.74, 6) is -0.107. The predicted molar refractivity (Wildman–Crippen MR) is 78.5 cm³/mol. The van der Waals surface area contributed by atoms with Gasteiger partial charge in [0.1, 0.15) is 0 Å². The number of carbonyl (C=O) groups excluding carboxylic acids is 1. The number of amides is 1. The van der Waals surface area contributed by atoms with Crippen LogP contribution in [0.1, 0.15) is 41.7 Å². The molecule has 1 saturated carbocycles. The van der Waals surface area contributed by atoms with E-state index in [0.717, 1.165) is 25.0 Å². The molecule has 0 aromatic carbocycles. The highest BCUT2D eigenvalue weighted by Crippen LogP contribution is 2.28. The number of aromatic nitrogens is 1.